The SMILES string of the molecule is CC(C)(CN1CCC(=C2c3ccc(F)cc3COc3ccccc32)CC1)C(=O)O.CCC(CC)(CN1CCC(=C2c3ccc(C)cc3COc3ccccc32)CC1)C(=O)O.CCC(CC)(CN1CCC(=C2c3ccc(OC)cc3COc3ccccc32)CC1)C(=O)O. The molecule has 6 aliphatic heterocycles. The van der Waals surface area contributed by atoms with Gasteiger partial charge in [0.15, 0.2) is 0 Å². The van der Waals surface area contributed by atoms with Crippen LogP contribution < -0.4 is 18.9 Å². The molecule has 3 fully saturated rings. The number of para-hydroxylation sites is 3. The molecule has 3 saturated heterocycles. The molecular weight excluding hydrogens is 1160 g/mol. The van der Waals surface area contributed by atoms with Crippen LogP contribution in [0.1, 0.15) is 161 Å². The van der Waals surface area contributed by atoms with Gasteiger partial charge in [-0.05, 0) is 166 Å². The quantitative estimate of drug-likeness (QED) is 0.0947. The number of benzene rings is 6. The van der Waals surface area contributed by atoms with Crippen LogP contribution >= 0.6 is 0 Å². The number of hydrogen-bond acceptors (Lipinski definition) is 10. The summed E-state index contributed by atoms with van der Waals surface area (Å²) >= 11 is 0. The molecular formula is C78H92FN3O10. The minimum absolute atomic E-state index is 0.256. The van der Waals surface area contributed by atoms with Crippen LogP contribution in [-0.2, 0) is 34.2 Å². The Morgan fingerprint density at radius 1 is 0.457 bits per heavy atom. The number of fused-ring (bicyclic) bond motifs is 6. The van der Waals surface area contributed by atoms with Crippen molar-refractivity contribution >= 4 is 34.6 Å². The minimum atomic E-state index is -0.771. The van der Waals surface area contributed by atoms with E-state index in [1.165, 1.54) is 61.7 Å². The standard InChI is InChI=1S/C27H33NO4.C27H33NO3.C24H26FNO3/c1-4-27(5-2,26(29)30)18-28-14-12-19(13-15-28)25-22-11-10-21(31-3)16-20(22)17-32-24-9-7-6-8-23(24)25;1-4-27(5-2,26(29)30)18-28-14-12-20(13-15-28)25-22-11-10-19(3)16-21(22)17-31-24-9-7-6-8-23(24)25;1-24(2,23(27)28)15-26-11-9-16(10-12-26)22-19-8-7-18(25)13-17(19)14-29-21-6-4-3-5-20(21)22/h6-11,16H,4-5,12-15,17-18H2,1-3H3,(H,29,30);6-11,16H,4-5,12-15,17-18H2,1-3H3,(H,29,30);3-8,13H,9-12,14-15H2,1-2H3,(H,27,28). The highest BCUT2D eigenvalue weighted by atomic mass is 19.1. The predicted molar refractivity (Wildman–Crippen MR) is 361 cm³/mol. The van der Waals surface area contributed by atoms with Crippen LogP contribution in [0.4, 0.5) is 4.39 Å². The Bertz CT molecular complexity index is 3750. The number of ether oxygens (including phenoxy) is 4. The lowest BCUT2D eigenvalue weighted by Gasteiger charge is -2.37. The van der Waals surface area contributed by atoms with E-state index in [2.05, 4.69) is 88.4 Å². The lowest BCUT2D eigenvalue weighted by Crippen LogP contribution is -2.44. The maximum Gasteiger partial charge on any atom is 0.310 e. The number of carboxylic acid groups (broad SMARTS) is 3. The molecule has 3 N–H and O–H groups in total. The van der Waals surface area contributed by atoms with Crippen molar-refractivity contribution in [1.82, 2.24) is 14.7 Å². The lowest BCUT2D eigenvalue weighted by molar-refractivity contribution is -0.151. The van der Waals surface area contributed by atoms with E-state index >= 15 is 0 Å². The van der Waals surface area contributed by atoms with Gasteiger partial charge in [-0.25, -0.2) is 4.39 Å². The molecule has 0 radical (unpaired) electrons. The van der Waals surface area contributed by atoms with Crippen LogP contribution in [0.5, 0.6) is 23.0 Å². The smallest absolute Gasteiger partial charge is 0.310 e. The van der Waals surface area contributed by atoms with Crippen LogP contribution in [0.25, 0.3) is 16.7 Å². The molecule has 92 heavy (non-hydrogen) atoms. The van der Waals surface area contributed by atoms with Crippen LogP contribution in [0.15, 0.2) is 144 Å². The highest BCUT2D eigenvalue weighted by molar-refractivity contribution is 5.89. The van der Waals surface area contributed by atoms with Crippen molar-refractivity contribution in [2.45, 2.75) is 132 Å². The Morgan fingerprint density at radius 3 is 1.17 bits per heavy atom. The second-order valence-electron chi connectivity index (χ2n) is 26.4. The molecule has 0 aromatic heterocycles. The number of carbonyl (C=O) groups is 3. The molecule has 0 amide bonds. The molecule has 0 spiro atoms. The second-order valence-corrected chi connectivity index (χ2v) is 26.4. The summed E-state index contributed by atoms with van der Waals surface area (Å²) in [4.78, 5) is 42.3. The number of likely N-dealkylation sites (tertiary alicyclic amines) is 3. The summed E-state index contributed by atoms with van der Waals surface area (Å²) < 4.78 is 37.7. The summed E-state index contributed by atoms with van der Waals surface area (Å²) in [5.41, 5.74) is 17.2. The first-order valence-corrected chi connectivity index (χ1v) is 33.1. The Kier molecular flexibility index (Phi) is 21.3. The molecule has 6 aromatic carbocycles. The highest BCUT2D eigenvalue weighted by Gasteiger charge is 2.40. The van der Waals surface area contributed by atoms with E-state index in [-0.39, 0.29) is 5.82 Å². The average Bonchev–Trinajstić information content (AvgIpc) is 1.58. The zero-order valence-electron chi connectivity index (χ0n) is 55.1. The van der Waals surface area contributed by atoms with Crippen molar-refractivity contribution in [3.8, 4) is 23.0 Å². The van der Waals surface area contributed by atoms with Gasteiger partial charge in [-0.1, -0.05) is 135 Å². The van der Waals surface area contributed by atoms with Gasteiger partial charge in [-0.3, -0.25) is 14.4 Å². The zero-order valence-corrected chi connectivity index (χ0v) is 55.1. The fourth-order valence-corrected chi connectivity index (χ4v) is 14.4. The molecule has 6 aliphatic rings. The molecule has 0 atom stereocenters. The summed E-state index contributed by atoms with van der Waals surface area (Å²) in [6, 6.07) is 42.4. The normalized spacial score (nSPS) is 16.9. The summed E-state index contributed by atoms with van der Waals surface area (Å²) in [5, 5.41) is 29.1. The molecule has 13 nitrogen and oxygen atoms in total. The van der Waals surface area contributed by atoms with Crippen molar-refractivity contribution in [1.29, 1.82) is 0 Å². The van der Waals surface area contributed by atoms with Crippen LogP contribution in [0.2, 0.25) is 0 Å². The number of aliphatic carboxylic acids is 3. The first-order chi connectivity index (χ1) is 44.3. The van der Waals surface area contributed by atoms with Crippen molar-refractivity contribution < 1.29 is 53.0 Å². The van der Waals surface area contributed by atoms with Gasteiger partial charge < -0.3 is 49.0 Å². The molecule has 0 aliphatic carbocycles. The molecule has 0 saturated carbocycles. The van der Waals surface area contributed by atoms with E-state index in [4.69, 9.17) is 18.9 Å². The predicted octanol–water partition coefficient (Wildman–Crippen LogP) is 15.8. The monoisotopic (exact) mass is 1250 g/mol. The molecule has 0 bridgehead atoms. The number of nitrogens with zero attached hydrogens (tertiary/aromatic N) is 3. The average molecular weight is 1250 g/mol. The fourth-order valence-electron chi connectivity index (χ4n) is 14.4. The van der Waals surface area contributed by atoms with Gasteiger partial charge in [0, 0.05) is 86.7 Å². The molecule has 6 heterocycles. The topological polar surface area (TPSA) is 159 Å². The highest BCUT2D eigenvalue weighted by Crippen LogP contribution is 2.46. The van der Waals surface area contributed by atoms with E-state index in [0.29, 0.717) is 65.1 Å². The van der Waals surface area contributed by atoms with Gasteiger partial charge in [-0.15, -0.1) is 0 Å². The van der Waals surface area contributed by atoms with E-state index in [9.17, 15) is 34.1 Å². The van der Waals surface area contributed by atoms with Gasteiger partial charge in [0.1, 0.15) is 48.6 Å². The van der Waals surface area contributed by atoms with Crippen molar-refractivity contribution in [3.63, 3.8) is 0 Å². The number of methoxy groups -OCH3 is 1. The molecule has 12 rings (SSSR count). The van der Waals surface area contributed by atoms with Gasteiger partial charge >= 0.3 is 17.9 Å². The van der Waals surface area contributed by atoms with Crippen molar-refractivity contribution in [2.24, 2.45) is 16.2 Å². The summed E-state index contributed by atoms with van der Waals surface area (Å²) in [6.07, 6.45) is 8.14. The first-order valence-electron chi connectivity index (χ1n) is 33.1. The van der Waals surface area contributed by atoms with E-state index < -0.39 is 34.2 Å². The first kappa shape index (κ1) is 66.9. The third kappa shape index (κ3) is 14.6. The maximum atomic E-state index is 13.9. The maximum absolute atomic E-state index is 13.9. The molecule has 0 unspecified atom stereocenters. The van der Waals surface area contributed by atoms with Crippen LogP contribution in [-0.4, -0.2) is 114 Å². The van der Waals surface area contributed by atoms with Crippen LogP contribution in [0.3, 0.4) is 0 Å². The Labute approximate surface area is 543 Å². The summed E-state index contributed by atoms with van der Waals surface area (Å²) in [5.74, 6) is 1.14. The second kappa shape index (κ2) is 29.3. The van der Waals surface area contributed by atoms with Crippen molar-refractivity contribution in [3.05, 3.63) is 206 Å². The van der Waals surface area contributed by atoms with E-state index in [0.717, 1.165) is 134 Å². The van der Waals surface area contributed by atoms with Gasteiger partial charge in [0.2, 0.25) is 0 Å². The number of hydrogen-bond donors (Lipinski definition) is 3. The number of carboxylic acids is 3. The Hall–Kier alpha value is -8.04. The summed E-state index contributed by atoms with van der Waals surface area (Å²) in [7, 11) is 1.69. The van der Waals surface area contributed by atoms with Gasteiger partial charge in [0.25, 0.3) is 0 Å². The third-order valence-electron chi connectivity index (χ3n) is 20.4. The molecule has 486 valence electrons. The summed E-state index contributed by atoms with van der Waals surface area (Å²) in [6.45, 7) is 22.1. The fraction of sp³-hybridized carbons (Fsp3) is 0.423. The third-order valence-corrected chi connectivity index (χ3v) is 20.4. The van der Waals surface area contributed by atoms with Crippen molar-refractivity contribution in [2.75, 3.05) is 66.0 Å². The van der Waals surface area contributed by atoms with Gasteiger partial charge in [-0.2, -0.15) is 0 Å². The number of piperidine rings is 3. The molecule has 14 heteroatoms. The number of aryl methyl sites for hydroxylation is 1. The zero-order chi connectivity index (χ0) is 65.3. The number of halogens is 1. The van der Waals surface area contributed by atoms with E-state index in [1.807, 2.05) is 76.2 Å². The largest absolute Gasteiger partial charge is 0.497 e. The Morgan fingerprint density at radius 2 is 0.804 bits per heavy atom. The van der Waals surface area contributed by atoms with E-state index in [1.54, 1.807) is 27.0 Å². The number of rotatable bonds is 14. The van der Waals surface area contributed by atoms with Gasteiger partial charge in [0.05, 0.1) is 23.4 Å². The Balaban J connectivity index is 0.000000151. The van der Waals surface area contributed by atoms with Crippen LogP contribution in [0, 0.1) is 29.0 Å². The molecule has 6 aromatic rings. The minimum Gasteiger partial charge on any atom is -0.497 e. The lowest BCUT2D eigenvalue weighted by atomic mass is 9.81.